The zero-order valence-electron chi connectivity index (χ0n) is 15.6. The first-order chi connectivity index (χ1) is 13.4. The molecule has 2 aromatic rings. The molecule has 0 aromatic heterocycles. The predicted molar refractivity (Wildman–Crippen MR) is 112 cm³/mol. The second kappa shape index (κ2) is 7.74. The molecule has 1 atom stereocenters. The van der Waals surface area contributed by atoms with Gasteiger partial charge in [-0.1, -0.05) is 29.3 Å². The first-order valence-electron chi connectivity index (χ1n) is 9.31. The van der Waals surface area contributed by atoms with Gasteiger partial charge >= 0.3 is 0 Å². The summed E-state index contributed by atoms with van der Waals surface area (Å²) in [6.45, 7) is 5.11. The first-order valence-corrected chi connectivity index (χ1v) is 10.1. The van der Waals surface area contributed by atoms with Gasteiger partial charge in [0.15, 0.2) is 0 Å². The molecule has 2 heterocycles. The summed E-state index contributed by atoms with van der Waals surface area (Å²) in [6, 6.07) is 12.3. The van der Waals surface area contributed by atoms with Gasteiger partial charge < -0.3 is 4.90 Å². The lowest BCUT2D eigenvalue weighted by molar-refractivity contribution is -0.123. The van der Waals surface area contributed by atoms with E-state index in [4.69, 9.17) is 23.2 Å². The Balaban J connectivity index is 1.45. The number of hydrogen-bond acceptors (Lipinski definition) is 4. The highest BCUT2D eigenvalue weighted by Crippen LogP contribution is 2.29. The second-order valence-corrected chi connectivity index (χ2v) is 8.09. The SMILES string of the molecule is Cc1ccc(Cl)cc1N1CCN([C@@H]2CC(=O)N(c3ccc(Cl)cc3)C2=O)CC1. The monoisotopic (exact) mass is 417 g/mol. The van der Waals surface area contributed by atoms with Crippen LogP contribution in [0.15, 0.2) is 42.5 Å². The number of rotatable bonds is 3. The van der Waals surface area contributed by atoms with Crippen molar-refractivity contribution in [2.24, 2.45) is 0 Å². The maximum atomic E-state index is 13.0. The number of aryl methyl sites for hydroxylation is 1. The van der Waals surface area contributed by atoms with Gasteiger partial charge in [-0.25, -0.2) is 4.90 Å². The van der Waals surface area contributed by atoms with Crippen LogP contribution in [0, 0.1) is 6.92 Å². The Bertz CT molecular complexity index is 908. The van der Waals surface area contributed by atoms with E-state index in [0.29, 0.717) is 10.7 Å². The third-order valence-corrected chi connectivity index (χ3v) is 5.96. The first kappa shape index (κ1) is 19.2. The van der Waals surface area contributed by atoms with Crippen LogP contribution in [0.3, 0.4) is 0 Å². The number of hydrogen-bond donors (Lipinski definition) is 0. The van der Waals surface area contributed by atoms with Crippen molar-refractivity contribution in [1.29, 1.82) is 0 Å². The van der Waals surface area contributed by atoms with Crippen LogP contribution in [0.1, 0.15) is 12.0 Å². The van der Waals surface area contributed by atoms with Crippen LogP contribution in [0.2, 0.25) is 10.0 Å². The summed E-state index contributed by atoms with van der Waals surface area (Å²) in [4.78, 5) is 31.2. The molecule has 146 valence electrons. The van der Waals surface area contributed by atoms with Crippen molar-refractivity contribution < 1.29 is 9.59 Å². The van der Waals surface area contributed by atoms with Crippen LogP contribution in [-0.4, -0.2) is 48.9 Å². The summed E-state index contributed by atoms with van der Waals surface area (Å²) in [5.41, 5.74) is 2.89. The van der Waals surface area contributed by atoms with E-state index in [-0.39, 0.29) is 18.2 Å². The minimum absolute atomic E-state index is 0.153. The fourth-order valence-corrected chi connectivity index (χ4v) is 4.25. The van der Waals surface area contributed by atoms with Gasteiger partial charge in [0, 0.05) is 41.9 Å². The number of amides is 2. The Morgan fingerprint density at radius 3 is 2.21 bits per heavy atom. The number of imide groups is 1. The number of nitrogens with zero attached hydrogens (tertiary/aromatic N) is 3. The Morgan fingerprint density at radius 1 is 0.893 bits per heavy atom. The smallest absolute Gasteiger partial charge is 0.251 e. The fourth-order valence-electron chi connectivity index (χ4n) is 3.96. The molecule has 7 heteroatoms. The molecular formula is C21H21Cl2N3O2. The molecule has 2 aliphatic rings. The number of halogens is 2. The zero-order valence-corrected chi connectivity index (χ0v) is 17.1. The Hall–Kier alpha value is -2.08. The van der Waals surface area contributed by atoms with Crippen molar-refractivity contribution in [2.45, 2.75) is 19.4 Å². The van der Waals surface area contributed by atoms with Crippen LogP contribution in [0.4, 0.5) is 11.4 Å². The normalized spacial score (nSPS) is 20.9. The second-order valence-electron chi connectivity index (χ2n) is 7.22. The van der Waals surface area contributed by atoms with Crippen molar-refractivity contribution in [3.63, 3.8) is 0 Å². The van der Waals surface area contributed by atoms with Crippen LogP contribution in [0.5, 0.6) is 0 Å². The van der Waals surface area contributed by atoms with Crippen LogP contribution in [0.25, 0.3) is 0 Å². The summed E-state index contributed by atoms with van der Waals surface area (Å²) < 4.78 is 0. The van der Waals surface area contributed by atoms with E-state index in [0.717, 1.165) is 36.9 Å². The maximum absolute atomic E-state index is 13.0. The summed E-state index contributed by atoms with van der Waals surface area (Å²) in [6.07, 6.45) is 0.220. The van der Waals surface area contributed by atoms with Gasteiger partial charge in [-0.05, 0) is 48.9 Å². The number of anilines is 2. The Morgan fingerprint density at radius 2 is 1.54 bits per heavy atom. The van der Waals surface area contributed by atoms with E-state index in [2.05, 4.69) is 16.7 Å². The fraction of sp³-hybridized carbons (Fsp3) is 0.333. The van der Waals surface area contributed by atoms with Crippen molar-refractivity contribution >= 4 is 46.4 Å². The molecule has 0 radical (unpaired) electrons. The third kappa shape index (κ3) is 3.62. The molecule has 0 saturated carbocycles. The Kier molecular flexibility index (Phi) is 5.32. The molecule has 0 unspecified atom stereocenters. The van der Waals surface area contributed by atoms with Crippen molar-refractivity contribution in [2.75, 3.05) is 36.0 Å². The minimum atomic E-state index is -0.397. The highest BCUT2D eigenvalue weighted by molar-refractivity contribution is 6.31. The largest absolute Gasteiger partial charge is 0.369 e. The summed E-state index contributed by atoms with van der Waals surface area (Å²) in [7, 11) is 0. The number of carbonyl (C=O) groups is 2. The van der Waals surface area contributed by atoms with Gasteiger partial charge in [0.2, 0.25) is 5.91 Å². The highest BCUT2D eigenvalue weighted by Gasteiger charge is 2.43. The predicted octanol–water partition coefficient (Wildman–Crippen LogP) is 3.76. The van der Waals surface area contributed by atoms with E-state index in [1.807, 2.05) is 18.2 Å². The molecule has 28 heavy (non-hydrogen) atoms. The van der Waals surface area contributed by atoms with E-state index in [1.165, 1.54) is 10.5 Å². The standard InChI is InChI=1S/C21H21Cl2N3O2/c1-14-2-3-16(23)12-18(14)24-8-10-25(11-9-24)19-13-20(27)26(21(19)28)17-6-4-15(22)5-7-17/h2-7,12,19H,8-11,13H2,1H3/t19-/m1/s1. The van der Waals surface area contributed by atoms with Gasteiger partial charge in [-0.2, -0.15) is 0 Å². The van der Waals surface area contributed by atoms with E-state index in [9.17, 15) is 9.59 Å². The molecule has 2 aromatic carbocycles. The molecule has 2 aliphatic heterocycles. The van der Waals surface area contributed by atoms with Crippen LogP contribution >= 0.6 is 23.2 Å². The molecule has 0 bridgehead atoms. The molecule has 2 fully saturated rings. The average molecular weight is 418 g/mol. The molecule has 0 spiro atoms. The van der Waals surface area contributed by atoms with Crippen LogP contribution < -0.4 is 9.80 Å². The van der Waals surface area contributed by atoms with Gasteiger partial charge in [0.05, 0.1) is 18.2 Å². The van der Waals surface area contributed by atoms with Crippen molar-refractivity contribution in [3.8, 4) is 0 Å². The van der Waals surface area contributed by atoms with E-state index >= 15 is 0 Å². The summed E-state index contributed by atoms with van der Waals surface area (Å²) in [5.74, 6) is -0.315. The van der Waals surface area contributed by atoms with Gasteiger partial charge in [0.1, 0.15) is 0 Å². The number of benzene rings is 2. The molecular weight excluding hydrogens is 397 g/mol. The topological polar surface area (TPSA) is 43.9 Å². The van der Waals surface area contributed by atoms with Gasteiger partial charge in [-0.3, -0.25) is 14.5 Å². The molecule has 5 nitrogen and oxygen atoms in total. The lowest BCUT2D eigenvalue weighted by Gasteiger charge is -2.38. The maximum Gasteiger partial charge on any atom is 0.251 e. The van der Waals surface area contributed by atoms with E-state index in [1.54, 1.807) is 24.3 Å². The average Bonchev–Trinajstić information content (AvgIpc) is 2.99. The summed E-state index contributed by atoms with van der Waals surface area (Å²) in [5, 5.41) is 1.30. The number of carbonyl (C=O) groups excluding carboxylic acids is 2. The molecule has 0 N–H and O–H groups in total. The third-order valence-electron chi connectivity index (χ3n) is 5.47. The summed E-state index contributed by atoms with van der Waals surface area (Å²) >= 11 is 12.1. The van der Waals surface area contributed by atoms with E-state index < -0.39 is 6.04 Å². The molecule has 4 rings (SSSR count). The number of piperazine rings is 1. The van der Waals surface area contributed by atoms with Gasteiger partial charge in [0.25, 0.3) is 5.91 Å². The molecule has 2 amide bonds. The quantitative estimate of drug-likeness (QED) is 0.713. The Labute approximate surface area is 174 Å². The lowest BCUT2D eigenvalue weighted by Crippen LogP contribution is -2.52. The van der Waals surface area contributed by atoms with Crippen molar-refractivity contribution in [1.82, 2.24) is 4.90 Å². The van der Waals surface area contributed by atoms with Crippen LogP contribution in [-0.2, 0) is 9.59 Å². The zero-order chi connectivity index (χ0) is 19.8. The molecule has 2 saturated heterocycles. The highest BCUT2D eigenvalue weighted by atomic mass is 35.5. The minimum Gasteiger partial charge on any atom is -0.369 e. The van der Waals surface area contributed by atoms with Crippen molar-refractivity contribution in [3.05, 3.63) is 58.1 Å². The molecule has 0 aliphatic carbocycles. The van der Waals surface area contributed by atoms with Gasteiger partial charge in [-0.15, -0.1) is 0 Å². The lowest BCUT2D eigenvalue weighted by atomic mass is 10.1.